The maximum atomic E-state index is 6.04. The van der Waals surface area contributed by atoms with E-state index in [-0.39, 0.29) is 0 Å². The normalized spacial score (nSPS) is 29.1. The summed E-state index contributed by atoms with van der Waals surface area (Å²) in [4.78, 5) is 9.52. The molecule has 2 aliphatic heterocycles. The van der Waals surface area contributed by atoms with E-state index in [1.165, 1.54) is 25.8 Å². The second-order valence-electron chi connectivity index (χ2n) is 5.28. The van der Waals surface area contributed by atoms with Crippen LogP contribution < -0.4 is 10.6 Å². The molecule has 0 spiro atoms. The molecule has 3 heterocycles. The van der Waals surface area contributed by atoms with Gasteiger partial charge in [-0.25, -0.2) is 4.98 Å². The molecule has 1 aromatic heterocycles. The number of hydrogen-bond donors (Lipinski definition) is 1. The molecule has 0 aliphatic carbocycles. The van der Waals surface area contributed by atoms with Crippen LogP contribution in [0.3, 0.4) is 0 Å². The van der Waals surface area contributed by atoms with Gasteiger partial charge in [0.25, 0.3) is 0 Å². The van der Waals surface area contributed by atoms with Gasteiger partial charge in [0.15, 0.2) is 0 Å². The van der Waals surface area contributed by atoms with Crippen LogP contribution in [-0.2, 0) is 0 Å². The molecule has 18 heavy (non-hydrogen) atoms. The summed E-state index contributed by atoms with van der Waals surface area (Å²) in [5.41, 5.74) is 6.04. The second kappa shape index (κ2) is 5.24. The number of anilines is 1. The van der Waals surface area contributed by atoms with Gasteiger partial charge in [0.1, 0.15) is 5.82 Å². The van der Waals surface area contributed by atoms with Crippen molar-refractivity contribution in [2.45, 2.75) is 31.3 Å². The Balaban J connectivity index is 1.83. The third-order valence-electron chi connectivity index (χ3n) is 4.32. The number of nitrogens with zero attached hydrogens (tertiary/aromatic N) is 3. The number of aromatic nitrogens is 1. The van der Waals surface area contributed by atoms with Crippen LogP contribution in [0.4, 0.5) is 5.82 Å². The van der Waals surface area contributed by atoms with Crippen LogP contribution in [0.5, 0.6) is 0 Å². The molecule has 0 bridgehead atoms. The van der Waals surface area contributed by atoms with Crippen LogP contribution in [0.25, 0.3) is 0 Å². The van der Waals surface area contributed by atoms with Gasteiger partial charge in [0.05, 0.1) is 6.04 Å². The van der Waals surface area contributed by atoms with Crippen LogP contribution in [0.15, 0.2) is 24.4 Å². The van der Waals surface area contributed by atoms with Crippen LogP contribution in [0, 0.1) is 0 Å². The molecule has 98 valence electrons. The third kappa shape index (κ3) is 2.10. The molecule has 4 nitrogen and oxygen atoms in total. The molecule has 2 aliphatic rings. The molecule has 1 aromatic rings. The quantitative estimate of drug-likeness (QED) is 0.848. The van der Waals surface area contributed by atoms with E-state index in [1.807, 2.05) is 12.3 Å². The summed E-state index contributed by atoms with van der Waals surface area (Å²) in [7, 11) is 0. The van der Waals surface area contributed by atoms with E-state index < -0.39 is 0 Å². The predicted octanol–water partition coefficient (Wildman–Crippen LogP) is 1.08. The van der Waals surface area contributed by atoms with Crippen molar-refractivity contribution in [2.75, 3.05) is 31.1 Å². The summed E-state index contributed by atoms with van der Waals surface area (Å²) in [6, 6.07) is 7.18. The fraction of sp³-hybridized carbons (Fsp3) is 0.643. The molecule has 2 unspecified atom stereocenters. The van der Waals surface area contributed by atoms with Gasteiger partial charge < -0.3 is 10.6 Å². The Morgan fingerprint density at radius 2 is 2.17 bits per heavy atom. The van der Waals surface area contributed by atoms with Gasteiger partial charge in [-0.3, -0.25) is 4.90 Å². The lowest BCUT2D eigenvalue weighted by Gasteiger charge is -2.50. The van der Waals surface area contributed by atoms with Crippen LogP contribution >= 0.6 is 0 Å². The molecule has 2 fully saturated rings. The number of fused-ring (bicyclic) bond motifs is 1. The average Bonchev–Trinajstić information content (AvgIpc) is 2.47. The Kier molecular flexibility index (Phi) is 3.48. The molecular weight excluding hydrogens is 224 g/mol. The minimum atomic E-state index is 0.425. The smallest absolute Gasteiger partial charge is 0.128 e. The van der Waals surface area contributed by atoms with Gasteiger partial charge in [-0.2, -0.15) is 0 Å². The first-order chi connectivity index (χ1) is 8.90. The van der Waals surface area contributed by atoms with E-state index in [4.69, 9.17) is 5.73 Å². The van der Waals surface area contributed by atoms with E-state index in [1.54, 1.807) is 0 Å². The highest BCUT2D eigenvalue weighted by Gasteiger charge is 2.37. The summed E-state index contributed by atoms with van der Waals surface area (Å²) in [5.74, 6) is 1.08. The second-order valence-corrected chi connectivity index (χ2v) is 5.28. The van der Waals surface area contributed by atoms with E-state index in [2.05, 4.69) is 26.9 Å². The Morgan fingerprint density at radius 3 is 2.94 bits per heavy atom. The molecule has 3 rings (SSSR count). The Hall–Kier alpha value is -1.13. The molecule has 2 N–H and O–H groups in total. The van der Waals surface area contributed by atoms with Crippen molar-refractivity contribution < 1.29 is 0 Å². The van der Waals surface area contributed by atoms with Crippen molar-refractivity contribution in [1.29, 1.82) is 0 Å². The fourth-order valence-electron chi connectivity index (χ4n) is 3.43. The number of rotatable bonds is 2. The Bertz CT molecular complexity index is 381. The number of nitrogens with two attached hydrogens (primary N) is 1. The lowest BCUT2D eigenvalue weighted by atomic mass is 9.92. The van der Waals surface area contributed by atoms with Gasteiger partial charge in [-0.15, -0.1) is 0 Å². The standard InChI is InChI=1S/C14H22N4/c15-11-13-12-5-2-4-8-17(12)9-10-18(13)14-6-1-3-7-16-14/h1,3,6-7,12-13H,2,4-5,8-11,15H2. The van der Waals surface area contributed by atoms with Crippen molar-refractivity contribution in [2.24, 2.45) is 5.73 Å². The van der Waals surface area contributed by atoms with Crippen molar-refractivity contribution in [3.8, 4) is 0 Å². The molecule has 4 heteroatoms. The molecule has 0 amide bonds. The topological polar surface area (TPSA) is 45.4 Å². The van der Waals surface area contributed by atoms with E-state index >= 15 is 0 Å². The largest absolute Gasteiger partial charge is 0.350 e. The van der Waals surface area contributed by atoms with E-state index in [9.17, 15) is 0 Å². The highest BCUT2D eigenvalue weighted by molar-refractivity contribution is 5.41. The van der Waals surface area contributed by atoms with E-state index in [0.717, 1.165) is 25.5 Å². The molecule has 0 aromatic carbocycles. The minimum Gasteiger partial charge on any atom is -0.350 e. The molecule has 2 saturated heterocycles. The first kappa shape index (κ1) is 11.9. The summed E-state index contributed by atoms with van der Waals surface area (Å²) in [6.45, 7) is 4.17. The van der Waals surface area contributed by atoms with Gasteiger partial charge in [-0.05, 0) is 31.5 Å². The summed E-state index contributed by atoms with van der Waals surface area (Å²) >= 11 is 0. The Labute approximate surface area is 109 Å². The maximum Gasteiger partial charge on any atom is 0.128 e. The number of pyridine rings is 1. The molecule has 2 atom stereocenters. The van der Waals surface area contributed by atoms with Crippen molar-refractivity contribution in [3.05, 3.63) is 24.4 Å². The summed E-state index contributed by atoms with van der Waals surface area (Å²) in [6.07, 6.45) is 5.84. The van der Waals surface area contributed by atoms with Crippen molar-refractivity contribution in [1.82, 2.24) is 9.88 Å². The highest BCUT2D eigenvalue weighted by atomic mass is 15.3. The first-order valence-electron chi connectivity index (χ1n) is 7.02. The summed E-state index contributed by atoms with van der Waals surface area (Å²) in [5, 5.41) is 0. The van der Waals surface area contributed by atoms with Gasteiger partial charge >= 0.3 is 0 Å². The zero-order valence-electron chi connectivity index (χ0n) is 10.8. The lowest BCUT2D eigenvalue weighted by Crippen LogP contribution is -2.63. The first-order valence-corrected chi connectivity index (χ1v) is 7.02. The highest BCUT2D eigenvalue weighted by Crippen LogP contribution is 2.28. The van der Waals surface area contributed by atoms with Crippen LogP contribution in [0.2, 0.25) is 0 Å². The van der Waals surface area contributed by atoms with E-state index in [0.29, 0.717) is 12.1 Å². The van der Waals surface area contributed by atoms with Crippen molar-refractivity contribution in [3.63, 3.8) is 0 Å². The van der Waals surface area contributed by atoms with Gasteiger partial charge in [0.2, 0.25) is 0 Å². The van der Waals surface area contributed by atoms with Crippen LogP contribution in [-0.4, -0.2) is 48.1 Å². The average molecular weight is 246 g/mol. The van der Waals surface area contributed by atoms with Gasteiger partial charge in [0, 0.05) is 31.9 Å². The Morgan fingerprint density at radius 1 is 1.22 bits per heavy atom. The lowest BCUT2D eigenvalue weighted by molar-refractivity contribution is 0.102. The predicted molar refractivity (Wildman–Crippen MR) is 73.6 cm³/mol. The van der Waals surface area contributed by atoms with Crippen LogP contribution in [0.1, 0.15) is 19.3 Å². The number of hydrogen-bond acceptors (Lipinski definition) is 4. The number of piperidine rings is 1. The third-order valence-corrected chi connectivity index (χ3v) is 4.32. The molecule has 0 saturated carbocycles. The summed E-state index contributed by atoms with van der Waals surface area (Å²) < 4.78 is 0. The monoisotopic (exact) mass is 246 g/mol. The van der Waals surface area contributed by atoms with Crippen molar-refractivity contribution >= 4 is 5.82 Å². The SMILES string of the molecule is NCC1C2CCCCN2CCN1c1ccccn1. The minimum absolute atomic E-state index is 0.425. The fourth-order valence-corrected chi connectivity index (χ4v) is 3.43. The molecule has 0 radical (unpaired) electrons. The van der Waals surface area contributed by atoms with Gasteiger partial charge in [-0.1, -0.05) is 12.5 Å². The molecular formula is C14H22N4. The number of piperazine rings is 1. The maximum absolute atomic E-state index is 6.04. The zero-order valence-corrected chi connectivity index (χ0v) is 10.8. The zero-order chi connectivity index (χ0) is 12.4.